The third kappa shape index (κ3) is 7.45. The molecule has 3 aromatic heterocycles. The molecule has 0 aliphatic carbocycles. The van der Waals surface area contributed by atoms with Gasteiger partial charge in [-0.25, -0.2) is 14.8 Å². The SMILES string of the molecule is COCCCNc1nc(NC(=O)Oc2c(C)cc(C)cc2C)nc(-c2ccccc2)c1N=Nc1ncn(-c2nc3ccccc3s2)n1. The molecular formula is C33H32N10O3S. The molecule has 3 heterocycles. The van der Waals surface area contributed by atoms with E-state index in [1.54, 1.807) is 18.1 Å². The van der Waals surface area contributed by atoms with E-state index in [-0.39, 0.29) is 11.9 Å². The second kappa shape index (κ2) is 14.2. The number of ether oxygens (including phenoxy) is 2. The number of aromatic nitrogens is 6. The van der Waals surface area contributed by atoms with Crippen LogP contribution in [-0.2, 0) is 4.74 Å². The number of carbonyl (C=O) groups excluding carboxylic acids is 1. The van der Waals surface area contributed by atoms with Crippen molar-refractivity contribution in [3.63, 3.8) is 0 Å². The van der Waals surface area contributed by atoms with Gasteiger partial charge in [-0.15, -0.1) is 15.3 Å². The van der Waals surface area contributed by atoms with Crippen molar-refractivity contribution in [2.75, 3.05) is 30.9 Å². The summed E-state index contributed by atoms with van der Waals surface area (Å²) in [5.41, 5.74) is 5.16. The highest BCUT2D eigenvalue weighted by Crippen LogP contribution is 2.36. The maximum atomic E-state index is 13.1. The first-order valence-corrected chi connectivity index (χ1v) is 15.7. The van der Waals surface area contributed by atoms with E-state index in [1.165, 1.54) is 11.3 Å². The predicted octanol–water partition coefficient (Wildman–Crippen LogP) is 7.73. The zero-order valence-electron chi connectivity index (χ0n) is 26.3. The van der Waals surface area contributed by atoms with Crippen molar-refractivity contribution in [1.29, 1.82) is 0 Å². The van der Waals surface area contributed by atoms with Gasteiger partial charge in [-0.1, -0.05) is 71.5 Å². The van der Waals surface area contributed by atoms with Gasteiger partial charge in [0.25, 0.3) is 5.95 Å². The number of azo groups is 1. The van der Waals surface area contributed by atoms with Crippen molar-refractivity contribution < 1.29 is 14.3 Å². The van der Waals surface area contributed by atoms with Crippen LogP contribution in [0.15, 0.2) is 83.3 Å². The van der Waals surface area contributed by atoms with E-state index in [9.17, 15) is 4.79 Å². The third-order valence-electron chi connectivity index (χ3n) is 6.96. The van der Waals surface area contributed by atoms with Gasteiger partial charge in [0.2, 0.25) is 11.1 Å². The van der Waals surface area contributed by atoms with E-state index in [1.807, 2.05) is 87.5 Å². The molecule has 14 heteroatoms. The molecule has 47 heavy (non-hydrogen) atoms. The third-order valence-corrected chi connectivity index (χ3v) is 7.99. The average Bonchev–Trinajstić information content (AvgIpc) is 3.72. The van der Waals surface area contributed by atoms with E-state index in [0.717, 1.165) is 32.5 Å². The van der Waals surface area contributed by atoms with Crippen LogP contribution in [0.1, 0.15) is 23.1 Å². The fraction of sp³-hybridized carbons (Fsp3) is 0.212. The predicted molar refractivity (Wildman–Crippen MR) is 181 cm³/mol. The number of hydrogen-bond donors (Lipinski definition) is 2. The molecular weight excluding hydrogens is 616 g/mol. The van der Waals surface area contributed by atoms with Crippen LogP contribution >= 0.6 is 11.3 Å². The topological polar surface area (TPSA) is 154 Å². The summed E-state index contributed by atoms with van der Waals surface area (Å²) >= 11 is 1.49. The van der Waals surface area contributed by atoms with Crippen molar-refractivity contribution in [1.82, 2.24) is 29.7 Å². The van der Waals surface area contributed by atoms with E-state index < -0.39 is 6.09 Å². The number of thiazole rings is 1. The van der Waals surface area contributed by atoms with Gasteiger partial charge >= 0.3 is 6.09 Å². The Morgan fingerprint density at radius 2 is 1.72 bits per heavy atom. The largest absolute Gasteiger partial charge is 0.419 e. The van der Waals surface area contributed by atoms with E-state index in [4.69, 9.17) is 9.47 Å². The number of rotatable bonds is 11. The number of fused-ring (bicyclic) bond motifs is 1. The van der Waals surface area contributed by atoms with E-state index >= 15 is 0 Å². The van der Waals surface area contributed by atoms with Crippen molar-refractivity contribution in [3.8, 4) is 22.1 Å². The Labute approximate surface area is 274 Å². The first-order chi connectivity index (χ1) is 22.9. The molecule has 0 bridgehead atoms. The Balaban J connectivity index is 1.34. The summed E-state index contributed by atoms with van der Waals surface area (Å²) in [6.45, 7) is 6.84. The summed E-state index contributed by atoms with van der Waals surface area (Å²) in [5.74, 6) is 0.991. The highest BCUT2D eigenvalue weighted by Gasteiger charge is 2.20. The first kappa shape index (κ1) is 31.4. The number of amides is 1. The normalized spacial score (nSPS) is 11.3. The summed E-state index contributed by atoms with van der Waals surface area (Å²) in [4.78, 5) is 31.3. The van der Waals surface area contributed by atoms with Crippen LogP contribution in [-0.4, -0.2) is 56.1 Å². The van der Waals surface area contributed by atoms with Gasteiger partial charge in [0, 0.05) is 25.8 Å². The summed E-state index contributed by atoms with van der Waals surface area (Å²) < 4.78 is 13.5. The van der Waals surface area contributed by atoms with Crippen LogP contribution < -0.4 is 15.4 Å². The zero-order valence-corrected chi connectivity index (χ0v) is 27.1. The standard InChI is InChI=1S/C33H32N10O3S/c1-20-17-21(2)28(22(3)18-20)46-33(44)39-31-37-26(23-11-6-5-7-12-23)27(29(38-31)34-15-10-16-45-4)40-41-30-35-19-43(42-30)32-36-24-13-8-9-14-25(24)47-32/h5-9,11-14,17-19H,10,15-16H2,1-4H3,(H2,34,37,38,39,44). The molecule has 0 radical (unpaired) electrons. The number of nitrogens with zero attached hydrogens (tertiary/aromatic N) is 8. The molecule has 0 saturated carbocycles. The Kier molecular flexibility index (Phi) is 9.50. The fourth-order valence-electron chi connectivity index (χ4n) is 4.93. The number of hydrogen-bond acceptors (Lipinski definition) is 12. The number of carbonyl (C=O) groups is 1. The van der Waals surface area contributed by atoms with Crippen molar-refractivity contribution in [2.24, 2.45) is 10.2 Å². The van der Waals surface area contributed by atoms with Gasteiger partial charge in [-0.2, -0.15) is 14.6 Å². The Morgan fingerprint density at radius 1 is 0.957 bits per heavy atom. The highest BCUT2D eigenvalue weighted by atomic mass is 32.1. The van der Waals surface area contributed by atoms with Crippen molar-refractivity contribution in [2.45, 2.75) is 27.2 Å². The Hall–Kier alpha value is -5.60. The van der Waals surface area contributed by atoms with E-state index in [2.05, 4.69) is 45.9 Å². The molecule has 0 atom stereocenters. The minimum absolute atomic E-state index is 0.0303. The van der Waals surface area contributed by atoms with Crippen LogP contribution in [0.4, 0.5) is 28.2 Å². The van der Waals surface area contributed by atoms with Crippen LogP contribution in [0.5, 0.6) is 5.75 Å². The first-order valence-electron chi connectivity index (χ1n) is 14.8. The number of para-hydroxylation sites is 1. The zero-order chi connectivity index (χ0) is 32.8. The van der Waals surface area contributed by atoms with Crippen molar-refractivity contribution >= 4 is 51.0 Å². The van der Waals surface area contributed by atoms with Gasteiger partial charge in [0.15, 0.2) is 11.5 Å². The quantitative estimate of drug-likeness (QED) is 0.106. The lowest BCUT2D eigenvalue weighted by atomic mass is 10.1. The summed E-state index contributed by atoms with van der Waals surface area (Å²) in [5, 5.41) is 20.0. The maximum Gasteiger partial charge on any atom is 0.419 e. The number of nitrogens with one attached hydrogen (secondary N) is 2. The van der Waals surface area contributed by atoms with Gasteiger partial charge < -0.3 is 14.8 Å². The average molecular weight is 649 g/mol. The number of benzene rings is 3. The lowest BCUT2D eigenvalue weighted by Gasteiger charge is -2.15. The van der Waals surface area contributed by atoms with Gasteiger partial charge in [0.05, 0.1) is 10.2 Å². The second-order valence-electron chi connectivity index (χ2n) is 10.6. The molecule has 238 valence electrons. The van der Waals surface area contributed by atoms with Crippen LogP contribution in [0, 0.1) is 20.8 Å². The molecule has 0 fully saturated rings. The van der Waals surface area contributed by atoms with Crippen LogP contribution in [0.2, 0.25) is 0 Å². The second-order valence-corrected chi connectivity index (χ2v) is 11.6. The molecule has 2 N–H and O–H groups in total. The van der Waals surface area contributed by atoms with Gasteiger partial charge in [0.1, 0.15) is 17.8 Å². The van der Waals surface area contributed by atoms with Gasteiger partial charge in [-0.3, -0.25) is 5.32 Å². The summed E-state index contributed by atoms with van der Waals surface area (Å²) in [7, 11) is 1.64. The number of anilines is 2. The Morgan fingerprint density at radius 3 is 2.49 bits per heavy atom. The Bertz CT molecular complexity index is 2000. The minimum Gasteiger partial charge on any atom is -0.409 e. The lowest BCUT2D eigenvalue weighted by Crippen LogP contribution is -2.20. The fourth-order valence-corrected chi connectivity index (χ4v) is 5.82. The molecule has 0 spiro atoms. The molecule has 0 unspecified atom stereocenters. The smallest absolute Gasteiger partial charge is 0.409 e. The molecule has 0 saturated heterocycles. The van der Waals surface area contributed by atoms with Crippen LogP contribution in [0.25, 0.3) is 26.6 Å². The monoisotopic (exact) mass is 648 g/mol. The molecule has 6 rings (SSSR count). The molecule has 13 nitrogen and oxygen atoms in total. The molecule has 3 aromatic carbocycles. The molecule has 1 amide bonds. The van der Waals surface area contributed by atoms with Crippen LogP contribution in [0.3, 0.4) is 0 Å². The van der Waals surface area contributed by atoms with Gasteiger partial charge in [-0.05, 0) is 50.5 Å². The minimum atomic E-state index is -0.719. The molecule has 6 aromatic rings. The van der Waals surface area contributed by atoms with Crippen molar-refractivity contribution in [3.05, 3.63) is 89.7 Å². The lowest BCUT2D eigenvalue weighted by molar-refractivity contribution is 0.198. The summed E-state index contributed by atoms with van der Waals surface area (Å²) in [6, 6.07) is 21.2. The molecule has 0 aliphatic heterocycles. The number of methoxy groups -OCH3 is 1. The number of aryl methyl sites for hydroxylation is 3. The summed E-state index contributed by atoms with van der Waals surface area (Å²) in [6.07, 6.45) is 1.52. The maximum absolute atomic E-state index is 13.1. The van der Waals surface area contributed by atoms with E-state index in [0.29, 0.717) is 47.7 Å². The highest BCUT2D eigenvalue weighted by molar-refractivity contribution is 7.20. The molecule has 0 aliphatic rings.